The van der Waals surface area contributed by atoms with Crippen LogP contribution in [0, 0.1) is 6.42 Å². The van der Waals surface area contributed by atoms with Crippen LogP contribution in [-0.4, -0.2) is 5.97 Å². The first-order valence-corrected chi connectivity index (χ1v) is 3.80. The van der Waals surface area contributed by atoms with E-state index in [4.69, 9.17) is 4.74 Å². The van der Waals surface area contributed by atoms with Gasteiger partial charge < -0.3 is 4.74 Å². The summed E-state index contributed by atoms with van der Waals surface area (Å²) in [4.78, 5) is 10.6. The molecule has 2 heteroatoms. The van der Waals surface area contributed by atoms with Gasteiger partial charge in [0.05, 0.1) is 0 Å². The number of hydrogen-bond acceptors (Lipinski definition) is 2. The SMILES string of the molecule is C[CH]c1cccc(OC(C)=O)c1. The van der Waals surface area contributed by atoms with Crippen LogP contribution in [0.25, 0.3) is 0 Å². The van der Waals surface area contributed by atoms with Gasteiger partial charge in [-0.3, -0.25) is 4.79 Å². The highest BCUT2D eigenvalue weighted by atomic mass is 16.5. The fraction of sp³-hybridized carbons (Fsp3) is 0.200. The summed E-state index contributed by atoms with van der Waals surface area (Å²) >= 11 is 0. The van der Waals surface area contributed by atoms with Gasteiger partial charge in [-0.25, -0.2) is 0 Å². The maximum atomic E-state index is 10.6. The summed E-state index contributed by atoms with van der Waals surface area (Å²) in [5.74, 6) is 0.307. The van der Waals surface area contributed by atoms with Gasteiger partial charge in [0.25, 0.3) is 0 Å². The molecule has 0 aliphatic carbocycles. The lowest BCUT2D eigenvalue weighted by molar-refractivity contribution is -0.131. The standard InChI is InChI=1S/C10H11O2/c1-3-9-5-4-6-10(7-9)12-8(2)11/h3-7H,1-2H3. The van der Waals surface area contributed by atoms with Crippen LogP contribution in [0.4, 0.5) is 0 Å². The van der Waals surface area contributed by atoms with Crippen molar-refractivity contribution in [3.8, 4) is 5.75 Å². The summed E-state index contributed by atoms with van der Waals surface area (Å²) < 4.78 is 4.90. The van der Waals surface area contributed by atoms with Gasteiger partial charge >= 0.3 is 5.97 Å². The predicted octanol–water partition coefficient (Wildman–Crippen LogP) is 2.18. The Bertz CT molecular complexity index is 279. The molecular weight excluding hydrogens is 152 g/mol. The topological polar surface area (TPSA) is 26.3 Å². The van der Waals surface area contributed by atoms with Gasteiger partial charge in [-0.2, -0.15) is 0 Å². The van der Waals surface area contributed by atoms with Crippen LogP contribution >= 0.6 is 0 Å². The third-order valence-electron chi connectivity index (χ3n) is 1.45. The van der Waals surface area contributed by atoms with Crippen molar-refractivity contribution < 1.29 is 9.53 Å². The molecule has 0 heterocycles. The van der Waals surface area contributed by atoms with Gasteiger partial charge in [0.1, 0.15) is 5.75 Å². The maximum Gasteiger partial charge on any atom is 0.308 e. The molecule has 1 radical (unpaired) electrons. The van der Waals surface area contributed by atoms with Crippen molar-refractivity contribution in [2.75, 3.05) is 0 Å². The molecular formula is C10H11O2. The van der Waals surface area contributed by atoms with Crippen LogP contribution in [0.3, 0.4) is 0 Å². The molecule has 0 bridgehead atoms. The molecule has 0 saturated carbocycles. The summed E-state index contributed by atoms with van der Waals surface area (Å²) in [5, 5.41) is 0. The summed E-state index contributed by atoms with van der Waals surface area (Å²) in [6.07, 6.45) is 1.95. The van der Waals surface area contributed by atoms with Crippen LogP contribution in [0.2, 0.25) is 0 Å². The second-order valence-corrected chi connectivity index (χ2v) is 2.45. The van der Waals surface area contributed by atoms with Crippen molar-refractivity contribution in [1.82, 2.24) is 0 Å². The van der Waals surface area contributed by atoms with Crippen LogP contribution in [0.15, 0.2) is 24.3 Å². The van der Waals surface area contributed by atoms with Gasteiger partial charge in [-0.1, -0.05) is 19.1 Å². The zero-order valence-electron chi connectivity index (χ0n) is 7.20. The number of carbonyl (C=O) groups is 1. The van der Waals surface area contributed by atoms with Crippen molar-refractivity contribution in [3.63, 3.8) is 0 Å². The molecule has 63 valence electrons. The van der Waals surface area contributed by atoms with E-state index in [2.05, 4.69) is 0 Å². The Morgan fingerprint density at radius 3 is 2.83 bits per heavy atom. The lowest BCUT2D eigenvalue weighted by Crippen LogP contribution is -2.01. The minimum absolute atomic E-state index is 0.289. The summed E-state index contributed by atoms with van der Waals surface area (Å²) in [5.41, 5.74) is 1.05. The fourth-order valence-corrected chi connectivity index (χ4v) is 0.924. The summed E-state index contributed by atoms with van der Waals surface area (Å²) in [6, 6.07) is 7.39. The summed E-state index contributed by atoms with van der Waals surface area (Å²) in [7, 11) is 0. The van der Waals surface area contributed by atoms with Gasteiger partial charge in [0.15, 0.2) is 0 Å². The Kier molecular flexibility index (Phi) is 2.86. The Morgan fingerprint density at radius 2 is 2.25 bits per heavy atom. The highest BCUT2D eigenvalue weighted by Gasteiger charge is 1.97. The van der Waals surface area contributed by atoms with E-state index in [0.717, 1.165) is 5.56 Å². The smallest absolute Gasteiger partial charge is 0.308 e. The lowest BCUT2D eigenvalue weighted by Gasteiger charge is -2.01. The second-order valence-electron chi connectivity index (χ2n) is 2.45. The van der Waals surface area contributed by atoms with E-state index in [9.17, 15) is 4.79 Å². The molecule has 1 aromatic carbocycles. The first kappa shape index (κ1) is 8.78. The first-order chi connectivity index (χ1) is 5.72. The van der Waals surface area contributed by atoms with Crippen LogP contribution in [0.5, 0.6) is 5.75 Å². The van der Waals surface area contributed by atoms with Crippen molar-refractivity contribution in [1.29, 1.82) is 0 Å². The minimum atomic E-state index is -0.289. The highest BCUT2D eigenvalue weighted by Crippen LogP contribution is 2.14. The van der Waals surface area contributed by atoms with E-state index in [0.29, 0.717) is 5.75 Å². The van der Waals surface area contributed by atoms with Crippen molar-refractivity contribution in [3.05, 3.63) is 36.2 Å². The van der Waals surface area contributed by atoms with E-state index in [1.807, 2.05) is 31.5 Å². The Labute approximate surface area is 72.2 Å². The van der Waals surface area contributed by atoms with E-state index < -0.39 is 0 Å². The molecule has 0 N–H and O–H groups in total. The third kappa shape index (κ3) is 2.38. The second kappa shape index (κ2) is 3.90. The molecule has 0 aromatic heterocycles. The molecule has 2 nitrogen and oxygen atoms in total. The maximum absolute atomic E-state index is 10.6. The monoisotopic (exact) mass is 163 g/mol. The van der Waals surface area contributed by atoms with Crippen LogP contribution in [-0.2, 0) is 4.79 Å². The van der Waals surface area contributed by atoms with Gasteiger partial charge in [-0.05, 0) is 24.1 Å². The quantitative estimate of drug-likeness (QED) is 0.493. The number of ether oxygens (including phenoxy) is 1. The molecule has 0 aliphatic heterocycles. The molecule has 1 aromatic rings. The lowest BCUT2D eigenvalue weighted by atomic mass is 10.2. The van der Waals surface area contributed by atoms with Crippen molar-refractivity contribution in [2.45, 2.75) is 13.8 Å². The highest BCUT2D eigenvalue weighted by molar-refractivity contribution is 5.69. The molecule has 0 atom stereocenters. The Hall–Kier alpha value is -1.31. The summed E-state index contributed by atoms with van der Waals surface area (Å²) in [6.45, 7) is 3.33. The van der Waals surface area contributed by atoms with Crippen molar-refractivity contribution >= 4 is 5.97 Å². The molecule has 12 heavy (non-hydrogen) atoms. The molecule has 1 rings (SSSR count). The van der Waals surface area contributed by atoms with E-state index in [1.165, 1.54) is 6.92 Å². The largest absolute Gasteiger partial charge is 0.427 e. The fourth-order valence-electron chi connectivity index (χ4n) is 0.924. The van der Waals surface area contributed by atoms with Gasteiger partial charge in [0.2, 0.25) is 0 Å². The third-order valence-corrected chi connectivity index (χ3v) is 1.45. The first-order valence-electron chi connectivity index (χ1n) is 3.80. The van der Waals surface area contributed by atoms with E-state index in [-0.39, 0.29) is 5.97 Å². The number of esters is 1. The number of benzene rings is 1. The van der Waals surface area contributed by atoms with E-state index in [1.54, 1.807) is 6.07 Å². The zero-order valence-corrected chi connectivity index (χ0v) is 7.20. The van der Waals surface area contributed by atoms with Gasteiger partial charge in [0, 0.05) is 6.92 Å². The zero-order chi connectivity index (χ0) is 8.97. The molecule has 0 spiro atoms. The average Bonchev–Trinajstić information content (AvgIpc) is 2.03. The normalized spacial score (nSPS) is 9.50. The van der Waals surface area contributed by atoms with Crippen LogP contribution < -0.4 is 4.74 Å². The molecule has 0 fully saturated rings. The predicted molar refractivity (Wildman–Crippen MR) is 46.8 cm³/mol. The molecule has 0 aliphatic rings. The average molecular weight is 163 g/mol. The van der Waals surface area contributed by atoms with E-state index >= 15 is 0 Å². The molecule has 0 saturated heterocycles. The minimum Gasteiger partial charge on any atom is -0.427 e. The molecule has 0 amide bonds. The number of rotatable bonds is 2. The van der Waals surface area contributed by atoms with Crippen molar-refractivity contribution in [2.24, 2.45) is 0 Å². The Morgan fingerprint density at radius 1 is 1.50 bits per heavy atom. The van der Waals surface area contributed by atoms with Gasteiger partial charge in [-0.15, -0.1) is 0 Å². The number of carbonyl (C=O) groups excluding carboxylic acids is 1. The molecule has 0 unspecified atom stereocenters. The number of hydrogen-bond donors (Lipinski definition) is 0. The Balaban J connectivity index is 2.79. The van der Waals surface area contributed by atoms with Crippen LogP contribution in [0.1, 0.15) is 19.4 Å².